The molecule has 0 bridgehead atoms. The van der Waals surface area contributed by atoms with Crippen LogP contribution in [0.4, 0.5) is 0 Å². The Labute approximate surface area is 164 Å². The number of rotatable bonds is 4. The third kappa shape index (κ3) is 4.17. The van der Waals surface area contributed by atoms with Crippen molar-refractivity contribution in [3.05, 3.63) is 29.3 Å². The predicted molar refractivity (Wildman–Crippen MR) is 107 cm³/mol. The Hall–Kier alpha value is -1.51. The molecule has 1 aromatic carbocycles. The number of nitrogens with zero attached hydrogens (tertiary/aromatic N) is 2. The number of carbonyl (C=O) groups excluding carboxylic acids is 1. The number of thiazole rings is 1. The summed E-state index contributed by atoms with van der Waals surface area (Å²) in [5, 5.41) is 1.22. The van der Waals surface area contributed by atoms with Crippen molar-refractivity contribution in [2.45, 2.75) is 31.2 Å². The van der Waals surface area contributed by atoms with E-state index in [1.165, 1.54) is 14.6 Å². The highest BCUT2D eigenvalue weighted by molar-refractivity contribution is 7.91. The normalized spacial score (nSPS) is 27.7. The van der Waals surface area contributed by atoms with E-state index in [-0.39, 0.29) is 23.5 Å². The zero-order valence-electron chi connectivity index (χ0n) is 15.6. The summed E-state index contributed by atoms with van der Waals surface area (Å²) in [5.74, 6) is 0.865. The van der Waals surface area contributed by atoms with E-state index in [1.54, 1.807) is 23.3 Å². The molecule has 146 valence electrons. The Morgan fingerprint density at radius 1 is 1.26 bits per heavy atom. The number of carbonyl (C=O) groups is 1. The number of amides is 1. The van der Waals surface area contributed by atoms with E-state index < -0.39 is 9.84 Å². The lowest BCUT2D eigenvalue weighted by Crippen LogP contribution is -3.14. The number of benzene rings is 1. The first-order chi connectivity index (χ1) is 12.9. The fourth-order valence-corrected chi connectivity index (χ4v) is 7.05. The molecule has 4 rings (SSSR count). The largest absolute Gasteiger partial charge is 0.337 e. The van der Waals surface area contributed by atoms with Crippen LogP contribution in [0.5, 0.6) is 0 Å². The van der Waals surface area contributed by atoms with E-state index in [0.29, 0.717) is 18.9 Å². The van der Waals surface area contributed by atoms with E-state index in [9.17, 15) is 13.2 Å². The van der Waals surface area contributed by atoms with Crippen molar-refractivity contribution < 1.29 is 18.1 Å². The van der Waals surface area contributed by atoms with Crippen LogP contribution in [0, 0.1) is 0 Å². The van der Waals surface area contributed by atoms with Crippen LogP contribution >= 0.6 is 11.3 Å². The van der Waals surface area contributed by atoms with Crippen molar-refractivity contribution in [3.63, 3.8) is 0 Å². The van der Waals surface area contributed by atoms with Gasteiger partial charge < -0.3 is 9.80 Å². The van der Waals surface area contributed by atoms with Crippen molar-refractivity contribution in [2.75, 3.05) is 38.2 Å². The molecule has 1 amide bonds. The van der Waals surface area contributed by atoms with Crippen molar-refractivity contribution in [1.82, 2.24) is 9.88 Å². The Kier molecular flexibility index (Phi) is 5.22. The molecule has 3 heterocycles. The first-order valence-electron chi connectivity index (χ1n) is 9.56. The molecule has 2 aliphatic rings. The lowest BCUT2D eigenvalue weighted by atomic mass is 9.97. The van der Waals surface area contributed by atoms with Crippen molar-refractivity contribution in [1.29, 1.82) is 0 Å². The molecule has 0 radical (unpaired) electrons. The van der Waals surface area contributed by atoms with Crippen LogP contribution < -0.4 is 4.90 Å². The third-order valence-corrected chi connectivity index (χ3v) is 8.85. The number of fused-ring (bicyclic) bond motifs is 1. The van der Waals surface area contributed by atoms with Gasteiger partial charge in [0.25, 0.3) is 5.91 Å². The van der Waals surface area contributed by atoms with Crippen LogP contribution in [0.25, 0.3) is 10.2 Å². The van der Waals surface area contributed by atoms with Gasteiger partial charge in [0.15, 0.2) is 16.4 Å². The highest BCUT2D eigenvalue weighted by Crippen LogP contribution is 2.31. The third-order valence-electron chi connectivity index (χ3n) is 5.90. The number of para-hydroxylation sites is 1. The van der Waals surface area contributed by atoms with Gasteiger partial charge in [0.2, 0.25) is 0 Å². The van der Waals surface area contributed by atoms with Gasteiger partial charge in [-0.3, -0.25) is 4.79 Å². The van der Waals surface area contributed by atoms with Gasteiger partial charge in [0, 0.05) is 31.8 Å². The summed E-state index contributed by atoms with van der Waals surface area (Å²) in [6, 6.07) is 8.11. The van der Waals surface area contributed by atoms with Crippen LogP contribution in [0.3, 0.4) is 0 Å². The molecule has 0 spiro atoms. The summed E-state index contributed by atoms with van der Waals surface area (Å²) in [6.07, 6.45) is 2.66. The Balaban J connectivity index is 1.30. The SMILES string of the molecule is CN(C(=O)C[NH+]1CCC(c2nc3ccccc3s2)CC1)[C@H]1CCS(=O)(=O)C1. The predicted octanol–water partition coefficient (Wildman–Crippen LogP) is 0.704. The van der Waals surface area contributed by atoms with Gasteiger partial charge in [-0.15, -0.1) is 11.3 Å². The fourth-order valence-electron chi connectivity index (χ4n) is 4.14. The van der Waals surface area contributed by atoms with Crippen LogP contribution in [0.15, 0.2) is 24.3 Å². The second kappa shape index (κ2) is 7.48. The average molecular weight is 409 g/mol. The molecule has 6 nitrogen and oxygen atoms in total. The molecular weight excluding hydrogens is 382 g/mol. The average Bonchev–Trinajstić information content (AvgIpc) is 3.24. The van der Waals surface area contributed by atoms with Crippen molar-refractivity contribution in [2.24, 2.45) is 0 Å². The molecule has 1 N–H and O–H groups in total. The second-order valence-electron chi connectivity index (χ2n) is 7.78. The van der Waals surface area contributed by atoms with Gasteiger partial charge in [-0.1, -0.05) is 12.1 Å². The molecule has 1 aromatic heterocycles. The number of quaternary nitrogens is 1. The Morgan fingerprint density at radius 2 is 2.00 bits per heavy atom. The summed E-state index contributed by atoms with van der Waals surface area (Å²) >= 11 is 1.79. The number of hydrogen-bond donors (Lipinski definition) is 1. The maximum absolute atomic E-state index is 12.6. The maximum atomic E-state index is 12.6. The summed E-state index contributed by atoms with van der Waals surface area (Å²) in [4.78, 5) is 20.3. The molecule has 2 fully saturated rings. The van der Waals surface area contributed by atoms with Gasteiger partial charge in [0.05, 0.1) is 39.8 Å². The maximum Gasteiger partial charge on any atom is 0.277 e. The van der Waals surface area contributed by atoms with Gasteiger partial charge in [-0.05, 0) is 18.6 Å². The number of sulfone groups is 1. The molecule has 0 unspecified atom stereocenters. The molecule has 2 saturated heterocycles. The fraction of sp³-hybridized carbons (Fsp3) is 0.579. The topological polar surface area (TPSA) is 71.8 Å². The number of hydrogen-bond acceptors (Lipinski definition) is 5. The smallest absolute Gasteiger partial charge is 0.277 e. The zero-order chi connectivity index (χ0) is 19.0. The zero-order valence-corrected chi connectivity index (χ0v) is 17.2. The minimum atomic E-state index is -2.96. The lowest BCUT2D eigenvalue weighted by molar-refractivity contribution is -0.897. The van der Waals surface area contributed by atoms with Crippen LogP contribution in [0.1, 0.15) is 30.2 Å². The quantitative estimate of drug-likeness (QED) is 0.809. The van der Waals surface area contributed by atoms with E-state index in [4.69, 9.17) is 4.98 Å². The summed E-state index contributed by atoms with van der Waals surface area (Å²) in [6.45, 7) is 2.38. The highest BCUT2D eigenvalue weighted by atomic mass is 32.2. The number of nitrogens with one attached hydrogen (secondary N) is 1. The number of likely N-dealkylation sites (N-methyl/N-ethyl adjacent to an activating group) is 1. The van der Waals surface area contributed by atoms with Crippen molar-refractivity contribution in [3.8, 4) is 0 Å². The highest BCUT2D eigenvalue weighted by Gasteiger charge is 2.34. The lowest BCUT2D eigenvalue weighted by Gasteiger charge is -2.30. The molecule has 2 aliphatic heterocycles. The Bertz CT molecular complexity index is 900. The van der Waals surface area contributed by atoms with Gasteiger partial charge >= 0.3 is 0 Å². The number of piperidine rings is 1. The van der Waals surface area contributed by atoms with Gasteiger partial charge in [-0.2, -0.15) is 0 Å². The summed E-state index contributed by atoms with van der Waals surface area (Å²) in [5.41, 5.74) is 1.08. The molecule has 0 aliphatic carbocycles. The minimum Gasteiger partial charge on any atom is -0.337 e. The molecule has 2 aromatic rings. The first-order valence-corrected chi connectivity index (χ1v) is 12.2. The monoisotopic (exact) mass is 408 g/mol. The van der Waals surface area contributed by atoms with E-state index in [2.05, 4.69) is 18.2 Å². The molecule has 27 heavy (non-hydrogen) atoms. The minimum absolute atomic E-state index is 0.0607. The summed E-state index contributed by atoms with van der Waals surface area (Å²) < 4.78 is 24.5. The van der Waals surface area contributed by atoms with E-state index in [1.807, 2.05) is 6.07 Å². The molecule has 1 atom stereocenters. The van der Waals surface area contributed by atoms with Gasteiger partial charge in [0.1, 0.15) is 0 Å². The van der Waals surface area contributed by atoms with Crippen LogP contribution in [-0.2, 0) is 14.6 Å². The standard InChI is InChI=1S/C19H25N3O3S2/c1-21(15-8-11-27(24,25)13-15)18(23)12-22-9-6-14(7-10-22)19-20-16-4-2-3-5-17(16)26-19/h2-5,14-15H,6-13H2,1H3/p+1/t15-/m0/s1. The van der Waals surface area contributed by atoms with E-state index in [0.717, 1.165) is 31.4 Å². The van der Waals surface area contributed by atoms with E-state index >= 15 is 0 Å². The Morgan fingerprint density at radius 3 is 2.67 bits per heavy atom. The van der Waals surface area contributed by atoms with Gasteiger partial charge in [-0.25, -0.2) is 13.4 Å². The summed E-state index contributed by atoms with van der Waals surface area (Å²) in [7, 11) is -1.21. The van der Waals surface area contributed by atoms with Crippen LogP contribution in [0.2, 0.25) is 0 Å². The molecule has 0 saturated carbocycles. The number of aromatic nitrogens is 1. The second-order valence-corrected chi connectivity index (χ2v) is 11.1. The van der Waals surface area contributed by atoms with Crippen molar-refractivity contribution >= 4 is 37.3 Å². The molecular formula is C19H26N3O3S2+. The number of likely N-dealkylation sites (tertiary alicyclic amines) is 1. The first kappa shape index (κ1) is 18.8. The molecule has 8 heteroatoms. The van der Waals surface area contributed by atoms with Crippen LogP contribution in [-0.4, -0.2) is 68.4 Å².